The highest BCUT2D eigenvalue weighted by Crippen LogP contribution is 2.33. The van der Waals surface area contributed by atoms with E-state index in [1.807, 2.05) is 6.07 Å². The zero-order valence-corrected chi connectivity index (χ0v) is 11.5. The molecular formula is C12H11BrN2OS. The molecule has 1 aliphatic rings. The van der Waals surface area contributed by atoms with Crippen LogP contribution in [0.1, 0.15) is 12.0 Å². The van der Waals surface area contributed by atoms with Gasteiger partial charge < -0.3 is 4.90 Å². The van der Waals surface area contributed by atoms with Gasteiger partial charge in [0, 0.05) is 13.0 Å². The molecule has 1 aromatic carbocycles. The second kappa shape index (κ2) is 5.11. The number of carbonyl (C=O) groups is 1. The van der Waals surface area contributed by atoms with Crippen LogP contribution in [-0.2, 0) is 4.79 Å². The van der Waals surface area contributed by atoms with E-state index in [1.54, 1.807) is 17.0 Å². The van der Waals surface area contributed by atoms with Crippen LogP contribution >= 0.6 is 28.6 Å². The van der Waals surface area contributed by atoms with Gasteiger partial charge in [0.2, 0.25) is 5.91 Å². The Kier molecular flexibility index (Phi) is 3.75. The molecule has 1 amide bonds. The first-order chi connectivity index (χ1) is 8.17. The molecule has 0 aliphatic carbocycles. The Morgan fingerprint density at radius 3 is 2.94 bits per heavy atom. The topological polar surface area (TPSA) is 44.1 Å². The molecule has 2 rings (SSSR count). The molecule has 1 saturated heterocycles. The summed E-state index contributed by atoms with van der Waals surface area (Å²) in [6, 6.07) is 7.47. The molecule has 1 unspecified atom stereocenters. The molecule has 1 atom stereocenters. The third-order valence-corrected chi connectivity index (χ3v) is 4.20. The minimum absolute atomic E-state index is 0.0971. The SMILES string of the molecule is N#Cc1cccc(N2CC(CS)CC2=O)c1Br. The molecule has 0 N–H and O–H groups in total. The van der Waals surface area contributed by atoms with E-state index in [2.05, 4.69) is 34.6 Å². The van der Waals surface area contributed by atoms with Crippen molar-refractivity contribution in [1.29, 1.82) is 5.26 Å². The van der Waals surface area contributed by atoms with Gasteiger partial charge in [-0.1, -0.05) is 6.07 Å². The van der Waals surface area contributed by atoms with E-state index in [4.69, 9.17) is 5.26 Å². The van der Waals surface area contributed by atoms with Gasteiger partial charge in [0.05, 0.1) is 15.7 Å². The van der Waals surface area contributed by atoms with Crippen LogP contribution in [-0.4, -0.2) is 18.2 Å². The van der Waals surface area contributed by atoms with Crippen molar-refractivity contribution in [3.8, 4) is 6.07 Å². The lowest BCUT2D eigenvalue weighted by atomic mass is 10.1. The van der Waals surface area contributed by atoms with Crippen LogP contribution in [0.25, 0.3) is 0 Å². The van der Waals surface area contributed by atoms with Crippen molar-refractivity contribution in [3.05, 3.63) is 28.2 Å². The number of hydrogen-bond acceptors (Lipinski definition) is 3. The summed E-state index contributed by atoms with van der Waals surface area (Å²) in [6.07, 6.45) is 0.534. The quantitative estimate of drug-likeness (QED) is 0.853. The number of carbonyl (C=O) groups excluding carboxylic acids is 1. The molecule has 0 aromatic heterocycles. The number of rotatable bonds is 2. The van der Waals surface area contributed by atoms with Crippen molar-refractivity contribution in [3.63, 3.8) is 0 Å². The average molecular weight is 311 g/mol. The normalized spacial score (nSPS) is 19.5. The van der Waals surface area contributed by atoms with E-state index in [0.29, 0.717) is 34.7 Å². The smallest absolute Gasteiger partial charge is 0.227 e. The molecule has 1 aliphatic heterocycles. The van der Waals surface area contributed by atoms with Crippen molar-refractivity contribution in [2.75, 3.05) is 17.2 Å². The van der Waals surface area contributed by atoms with Crippen LogP contribution in [0.3, 0.4) is 0 Å². The Morgan fingerprint density at radius 2 is 2.35 bits per heavy atom. The maximum atomic E-state index is 11.9. The maximum Gasteiger partial charge on any atom is 0.227 e. The summed E-state index contributed by atoms with van der Waals surface area (Å²) < 4.78 is 0.690. The van der Waals surface area contributed by atoms with E-state index in [0.717, 1.165) is 5.69 Å². The fourth-order valence-electron chi connectivity index (χ4n) is 1.95. The highest BCUT2D eigenvalue weighted by molar-refractivity contribution is 9.10. The second-order valence-electron chi connectivity index (χ2n) is 4.01. The molecule has 0 radical (unpaired) electrons. The van der Waals surface area contributed by atoms with Gasteiger partial charge in [0.1, 0.15) is 6.07 Å². The molecule has 5 heteroatoms. The van der Waals surface area contributed by atoms with Crippen LogP contribution in [0.2, 0.25) is 0 Å². The summed E-state index contributed by atoms with van der Waals surface area (Å²) >= 11 is 7.62. The van der Waals surface area contributed by atoms with Crippen molar-refractivity contribution in [2.24, 2.45) is 5.92 Å². The lowest BCUT2D eigenvalue weighted by Gasteiger charge is -2.18. The summed E-state index contributed by atoms with van der Waals surface area (Å²) in [5, 5.41) is 8.95. The van der Waals surface area contributed by atoms with Crippen LogP contribution < -0.4 is 4.90 Å². The first-order valence-corrected chi connectivity index (χ1v) is 6.69. The highest BCUT2D eigenvalue weighted by Gasteiger charge is 2.30. The third-order valence-electron chi connectivity index (χ3n) is 2.85. The minimum atomic E-state index is 0.0971. The van der Waals surface area contributed by atoms with E-state index < -0.39 is 0 Å². The summed E-state index contributed by atoms with van der Waals surface area (Å²) in [4.78, 5) is 13.6. The second-order valence-corrected chi connectivity index (χ2v) is 5.17. The number of amides is 1. The predicted octanol–water partition coefficient (Wildman–Crippen LogP) is 2.60. The van der Waals surface area contributed by atoms with Gasteiger partial charge in [-0.25, -0.2) is 0 Å². The Hall–Kier alpha value is -0.990. The van der Waals surface area contributed by atoms with Gasteiger partial charge in [-0.2, -0.15) is 17.9 Å². The van der Waals surface area contributed by atoms with Gasteiger partial charge in [0.15, 0.2) is 0 Å². The largest absolute Gasteiger partial charge is 0.311 e. The van der Waals surface area contributed by atoms with E-state index in [1.165, 1.54) is 0 Å². The average Bonchev–Trinajstić information content (AvgIpc) is 2.71. The standard InChI is InChI=1S/C12H11BrN2OS/c13-12-9(5-14)2-1-3-10(12)15-6-8(7-17)4-11(15)16/h1-3,8,17H,4,6-7H2. The maximum absolute atomic E-state index is 11.9. The van der Waals surface area contributed by atoms with Crippen molar-refractivity contribution < 1.29 is 4.79 Å². The fraction of sp³-hybridized carbons (Fsp3) is 0.333. The Morgan fingerprint density at radius 1 is 1.59 bits per heavy atom. The predicted molar refractivity (Wildman–Crippen MR) is 73.2 cm³/mol. The van der Waals surface area contributed by atoms with Gasteiger partial charge in [-0.05, 0) is 39.7 Å². The zero-order valence-electron chi connectivity index (χ0n) is 9.06. The van der Waals surface area contributed by atoms with E-state index in [-0.39, 0.29) is 5.91 Å². The highest BCUT2D eigenvalue weighted by atomic mass is 79.9. The summed E-state index contributed by atoms with van der Waals surface area (Å²) in [5.74, 6) is 1.10. The number of nitriles is 1. The van der Waals surface area contributed by atoms with E-state index >= 15 is 0 Å². The molecular weight excluding hydrogens is 300 g/mol. The number of halogens is 1. The van der Waals surface area contributed by atoms with Gasteiger partial charge in [0.25, 0.3) is 0 Å². The Labute approximate surface area is 114 Å². The Bertz CT molecular complexity index is 498. The molecule has 0 saturated carbocycles. The van der Waals surface area contributed by atoms with Crippen molar-refractivity contribution in [1.82, 2.24) is 0 Å². The fourth-order valence-corrected chi connectivity index (χ4v) is 2.76. The van der Waals surface area contributed by atoms with Crippen LogP contribution in [0.4, 0.5) is 5.69 Å². The number of nitrogens with zero attached hydrogens (tertiary/aromatic N) is 2. The molecule has 3 nitrogen and oxygen atoms in total. The molecule has 17 heavy (non-hydrogen) atoms. The van der Waals surface area contributed by atoms with Gasteiger partial charge >= 0.3 is 0 Å². The number of thiol groups is 1. The van der Waals surface area contributed by atoms with Gasteiger partial charge in [-0.3, -0.25) is 4.79 Å². The van der Waals surface area contributed by atoms with Crippen molar-refractivity contribution in [2.45, 2.75) is 6.42 Å². The zero-order chi connectivity index (χ0) is 12.4. The summed E-state index contributed by atoms with van der Waals surface area (Å²) in [7, 11) is 0. The summed E-state index contributed by atoms with van der Waals surface area (Å²) in [5.41, 5.74) is 1.32. The lowest BCUT2D eigenvalue weighted by Crippen LogP contribution is -2.25. The molecule has 0 bridgehead atoms. The number of hydrogen-bond donors (Lipinski definition) is 1. The minimum Gasteiger partial charge on any atom is -0.311 e. The monoisotopic (exact) mass is 310 g/mol. The first-order valence-electron chi connectivity index (χ1n) is 5.27. The van der Waals surface area contributed by atoms with Crippen molar-refractivity contribution >= 4 is 40.2 Å². The third kappa shape index (κ3) is 2.33. The van der Waals surface area contributed by atoms with Crippen LogP contribution in [0, 0.1) is 17.2 Å². The van der Waals surface area contributed by atoms with Gasteiger partial charge in [-0.15, -0.1) is 0 Å². The van der Waals surface area contributed by atoms with Crippen LogP contribution in [0.15, 0.2) is 22.7 Å². The molecule has 1 aromatic rings. The Balaban J connectivity index is 2.36. The molecule has 1 fully saturated rings. The first kappa shape index (κ1) is 12.5. The van der Waals surface area contributed by atoms with Crippen LogP contribution in [0.5, 0.6) is 0 Å². The molecule has 88 valence electrons. The summed E-state index contributed by atoms with van der Waals surface area (Å²) in [6.45, 7) is 0.676. The lowest BCUT2D eigenvalue weighted by molar-refractivity contribution is -0.117. The molecule has 0 spiro atoms. The number of benzene rings is 1. The molecule has 1 heterocycles. The number of anilines is 1. The van der Waals surface area contributed by atoms with E-state index in [9.17, 15) is 4.79 Å².